The molecule has 1 N–H and O–H groups in total. The molecule has 9 fully saturated rings. The fraction of sp³-hybridized carbons (Fsp3) is 0.864. The van der Waals surface area contributed by atoms with Gasteiger partial charge in [-0.1, -0.05) is 25.5 Å². The van der Waals surface area contributed by atoms with Gasteiger partial charge in [0.05, 0.1) is 0 Å². The molecule has 11 unspecified atom stereocenters. The Kier molecular flexibility index (Phi) is 2.22. The van der Waals surface area contributed by atoms with Gasteiger partial charge in [0.25, 0.3) is 0 Å². The van der Waals surface area contributed by atoms with Gasteiger partial charge < -0.3 is 9.84 Å². The summed E-state index contributed by atoms with van der Waals surface area (Å²) in [5, 5.41) is 12.0. The van der Waals surface area contributed by atoms with E-state index in [0.717, 1.165) is 25.8 Å². The van der Waals surface area contributed by atoms with Crippen LogP contribution in [0.4, 0.5) is 0 Å². The van der Waals surface area contributed by atoms with Crippen molar-refractivity contribution in [1.29, 1.82) is 0 Å². The van der Waals surface area contributed by atoms with Gasteiger partial charge in [-0.05, 0) is 48.9 Å². The predicted molar refractivity (Wildman–Crippen MR) is 94.8 cm³/mol. The van der Waals surface area contributed by atoms with Crippen molar-refractivity contribution in [3.8, 4) is 0 Å². The Morgan fingerprint density at radius 1 is 1.38 bits per heavy atom. The minimum atomic E-state index is -0.613. The zero-order valence-electron chi connectivity index (χ0n) is 15.8. The highest BCUT2D eigenvalue weighted by atomic mass is 16.5. The normalized spacial score (nSPS) is 68.0. The lowest BCUT2D eigenvalue weighted by molar-refractivity contribution is -0.250. The second-order valence-corrected chi connectivity index (χ2v) is 11.2. The molecule has 0 aromatic carbocycles. The first-order chi connectivity index (χ1) is 12.3. The molecule has 4 heteroatoms. The number of fused-ring (bicyclic) bond motifs is 1. The Balaban J connectivity index is 1.50. The molecule has 11 atom stereocenters. The van der Waals surface area contributed by atoms with E-state index in [-0.39, 0.29) is 28.3 Å². The molecule has 3 aliphatic heterocycles. The van der Waals surface area contributed by atoms with Crippen molar-refractivity contribution in [2.24, 2.45) is 39.9 Å². The van der Waals surface area contributed by atoms with E-state index in [2.05, 4.69) is 18.4 Å². The third kappa shape index (κ3) is 1.15. The fourth-order valence-electron chi connectivity index (χ4n) is 10.9. The molecule has 9 rings (SSSR count). The van der Waals surface area contributed by atoms with E-state index in [1.807, 2.05) is 0 Å². The minimum Gasteiger partial charge on any atom is -0.462 e. The number of piperidine rings is 2. The number of rotatable bonds is 1. The quantitative estimate of drug-likeness (QED) is 0.580. The largest absolute Gasteiger partial charge is 0.462 e. The highest BCUT2D eigenvalue weighted by Gasteiger charge is 2.92. The van der Waals surface area contributed by atoms with Crippen molar-refractivity contribution < 1.29 is 14.6 Å². The Labute approximate surface area is 155 Å². The fourth-order valence-corrected chi connectivity index (χ4v) is 10.9. The molecule has 140 valence electrons. The summed E-state index contributed by atoms with van der Waals surface area (Å²) in [6, 6.07) is 0.515. The molecular weight excluding hydrogens is 326 g/mol. The monoisotopic (exact) mass is 355 g/mol. The lowest BCUT2D eigenvalue weighted by atomic mass is 9.39. The van der Waals surface area contributed by atoms with Crippen LogP contribution in [0.1, 0.15) is 52.4 Å². The van der Waals surface area contributed by atoms with Crippen LogP contribution in [0.2, 0.25) is 0 Å². The first kappa shape index (κ1) is 15.1. The standard InChI is InChI=1S/C22H29NO3/c1-11-8-20-9-22(25)18-19(3)5-4-6-21(18)16(20)15(26-12(2)24)13(11)7-14(20)17(21)23(22)10-19/h13-18,25H,1,4-10H2,2-3H3. The summed E-state index contributed by atoms with van der Waals surface area (Å²) in [5.74, 6) is 1.68. The average molecular weight is 355 g/mol. The minimum absolute atomic E-state index is 0.00227. The molecule has 26 heavy (non-hydrogen) atoms. The topological polar surface area (TPSA) is 49.8 Å². The number of hydrogen-bond acceptors (Lipinski definition) is 4. The summed E-state index contributed by atoms with van der Waals surface area (Å²) in [7, 11) is 0. The van der Waals surface area contributed by atoms with E-state index in [9.17, 15) is 9.90 Å². The molecule has 0 aromatic heterocycles. The van der Waals surface area contributed by atoms with E-state index in [0.29, 0.717) is 29.7 Å². The number of carbonyl (C=O) groups excluding carboxylic acids is 1. The van der Waals surface area contributed by atoms with Crippen molar-refractivity contribution in [2.75, 3.05) is 6.54 Å². The van der Waals surface area contributed by atoms with Gasteiger partial charge in [-0.15, -0.1) is 0 Å². The van der Waals surface area contributed by atoms with Crippen LogP contribution < -0.4 is 0 Å². The lowest BCUT2D eigenvalue weighted by Gasteiger charge is -2.66. The van der Waals surface area contributed by atoms with Gasteiger partial charge in [0.1, 0.15) is 11.8 Å². The zero-order valence-corrected chi connectivity index (χ0v) is 15.8. The molecular formula is C22H29NO3. The van der Waals surface area contributed by atoms with Crippen LogP contribution in [-0.4, -0.2) is 40.4 Å². The van der Waals surface area contributed by atoms with Crippen molar-refractivity contribution in [1.82, 2.24) is 4.90 Å². The molecule has 2 spiro atoms. The maximum Gasteiger partial charge on any atom is 0.302 e. The SMILES string of the molecule is C=C1CC23CC4(O)C5C6(C)CCCC57C(C2CC1C(OC(C)=O)C37)N4C6. The maximum atomic E-state index is 12.0. The third-order valence-electron chi connectivity index (χ3n) is 10.5. The summed E-state index contributed by atoms with van der Waals surface area (Å²) in [6.07, 6.45) is 6.80. The first-order valence-electron chi connectivity index (χ1n) is 10.6. The summed E-state index contributed by atoms with van der Waals surface area (Å²) >= 11 is 0. The van der Waals surface area contributed by atoms with Gasteiger partial charge >= 0.3 is 5.97 Å². The Hall–Kier alpha value is -0.870. The van der Waals surface area contributed by atoms with Crippen LogP contribution in [0.25, 0.3) is 0 Å². The lowest BCUT2D eigenvalue weighted by Crippen LogP contribution is -2.67. The highest BCUT2D eigenvalue weighted by molar-refractivity contribution is 5.66. The van der Waals surface area contributed by atoms with Gasteiger partial charge in [-0.3, -0.25) is 9.69 Å². The second-order valence-electron chi connectivity index (χ2n) is 11.2. The van der Waals surface area contributed by atoms with E-state index in [4.69, 9.17) is 4.74 Å². The molecule has 3 saturated heterocycles. The molecule has 9 bridgehead atoms. The zero-order chi connectivity index (χ0) is 17.9. The average Bonchev–Trinajstić information content (AvgIpc) is 2.88. The van der Waals surface area contributed by atoms with Crippen LogP contribution in [-0.2, 0) is 9.53 Å². The van der Waals surface area contributed by atoms with E-state index in [1.54, 1.807) is 6.92 Å². The maximum absolute atomic E-state index is 12.0. The Morgan fingerprint density at radius 2 is 2.19 bits per heavy atom. The van der Waals surface area contributed by atoms with E-state index in [1.165, 1.54) is 24.8 Å². The van der Waals surface area contributed by atoms with Crippen LogP contribution in [0.3, 0.4) is 0 Å². The van der Waals surface area contributed by atoms with Crippen molar-refractivity contribution in [3.05, 3.63) is 12.2 Å². The van der Waals surface area contributed by atoms with E-state index >= 15 is 0 Å². The second kappa shape index (κ2) is 3.82. The molecule has 6 saturated carbocycles. The third-order valence-corrected chi connectivity index (χ3v) is 10.5. The molecule has 3 heterocycles. The van der Waals surface area contributed by atoms with Gasteiger partial charge in [0, 0.05) is 42.7 Å². The van der Waals surface area contributed by atoms with Crippen molar-refractivity contribution in [2.45, 2.75) is 70.2 Å². The smallest absolute Gasteiger partial charge is 0.302 e. The van der Waals surface area contributed by atoms with Crippen LogP contribution >= 0.6 is 0 Å². The number of nitrogens with zero attached hydrogens (tertiary/aromatic N) is 1. The van der Waals surface area contributed by atoms with Gasteiger partial charge in [0.2, 0.25) is 0 Å². The summed E-state index contributed by atoms with van der Waals surface area (Å²) in [6.45, 7) is 9.48. The number of esters is 1. The molecule has 6 aliphatic carbocycles. The van der Waals surface area contributed by atoms with Crippen molar-refractivity contribution >= 4 is 5.97 Å². The number of hydrogen-bond donors (Lipinski definition) is 1. The van der Waals surface area contributed by atoms with Gasteiger partial charge in [0.15, 0.2) is 0 Å². The summed E-state index contributed by atoms with van der Waals surface area (Å²) < 4.78 is 6.08. The highest BCUT2D eigenvalue weighted by Crippen LogP contribution is 2.89. The van der Waals surface area contributed by atoms with Crippen molar-refractivity contribution in [3.63, 3.8) is 0 Å². The first-order valence-corrected chi connectivity index (χ1v) is 10.6. The van der Waals surface area contributed by atoms with E-state index < -0.39 is 5.72 Å². The summed E-state index contributed by atoms with van der Waals surface area (Å²) in [4.78, 5) is 14.6. The molecule has 9 aliphatic rings. The molecule has 4 nitrogen and oxygen atoms in total. The number of ether oxygens (including phenoxy) is 1. The Morgan fingerprint density at radius 3 is 2.96 bits per heavy atom. The Bertz CT molecular complexity index is 794. The number of aliphatic hydroxyl groups is 1. The van der Waals surface area contributed by atoms with Gasteiger partial charge in [-0.25, -0.2) is 0 Å². The molecule has 0 radical (unpaired) electrons. The van der Waals surface area contributed by atoms with Gasteiger partial charge in [-0.2, -0.15) is 0 Å². The molecule has 0 aromatic rings. The van der Waals surface area contributed by atoms with Crippen LogP contribution in [0, 0.1) is 39.9 Å². The van der Waals surface area contributed by atoms with Crippen LogP contribution in [0.5, 0.6) is 0 Å². The number of carbonyl (C=O) groups is 1. The van der Waals surface area contributed by atoms with Crippen LogP contribution in [0.15, 0.2) is 12.2 Å². The molecule has 0 amide bonds. The summed E-state index contributed by atoms with van der Waals surface area (Å²) in [5.41, 5.74) is 1.20. The predicted octanol–water partition coefficient (Wildman–Crippen LogP) is 2.71.